The zero-order chi connectivity index (χ0) is 12.0. The number of amides is 1. The van der Waals surface area contributed by atoms with Crippen LogP contribution in [0.25, 0.3) is 0 Å². The van der Waals surface area contributed by atoms with Crippen molar-refractivity contribution in [2.75, 3.05) is 0 Å². The van der Waals surface area contributed by atoms with Gasteiger partial charge in [-0.1, -0.05) is 18.5 Å². The molecule has 1 aromatic rings. The van der Waals surface area contributed by atoms with Gasteiger partial charge in [0.2, 0.25) is 5.91 Å². The summed E-state index contributed by atoms with van der Waals surface area (Å²) in [6, 6.07) is 3.59. The van der Waals surface area contributed by atoms with E-state index in [4.69, 9.17) is 17.4 Å². The average Bonchev–Trinajstić information content (AvgIpc) is 2.29. The zero-order valence-electron chi connectivity index (χ0n) is 8.94. The highest BCUT2D eigenvalue weighted by Gasteiger charge is 2.10. The van der Waals surface area contributed by atoms with E-state index in [1.165, 1.54) is 0 Å². The van der Waals surface area contributed by atoms with Gasteiger partial charge >= 0.3 is 0 Å². The van der Waals surface area contributed by atoms with Crippen molar-refractivity contribution in [1.82, 2.24) is 10.4 Å². The van der Waals surface area contributed by atoms with Crippen LogP contribution in [0.1, 0.15) is 19.8 Å². The highest BCUT2D eigenvalue weighted by Crippen LogP contribution is 2.29. The number of hydrazine groups is 1. The van der Waals surface area contributed by atoms with Crippen molar-refractivity contribution in [1.29, 1.82) is 0 Å². The van der Waals surface area contributed by atoms with Crippen molar-refractivity contribution in [3.05, 3.63) is 23.4 Å². The number of nitrogens with two attached hydrogens (primary N) is 1. The second-order valence-electron chi connectivity index (χ2n) is 3.33. The number of aromatic nitrogens is 1. The molecule has 88 valence electrons. The summed E-state index contributed by atoms with van der Waals surface area (Å²) in [7, 11) is 0. The molecule has 1 rings (SSSR count). The van der Waals surface area contributed by atoms with Crippen LogP contribution in [0, 0.1) is 0 Å². The van der Waals surface area contributed by atoms with Gasteiger partial charge in [-0.2, -0.15) is 0 Å². The molecule has 3 N–H and O–H groups in total. The van der Waals surface area contributed by atoms with Gasteiger partial charge in [0.1, 0.15) is 5.03 Å². The monoisotopic (exact) mass is 259 g/mol. The molecule has 0 fully saturated rings. The molecule has 0 spiro atoms. The van der Waals surface area contributed by atoms with Crippen molar-refractivity contribution in [3.8, 4) is 0 Å². The summed E-state index contributed by atoms with van der Waals surface area (Å²) in [5.74, 6) is 4.84. The Kier molecular flexibility index (Phi) is 5.59. The van der Waals surface area contributed by atoms with Crippen LogP contribution in [0.3, 0.4) is 0 Å². The highest BCUT2D eigenvalue weighted by atomic mass is 35.5. The Morgan fingerprint density at radius 2 is 2.50 bits per heavy atom. The maximum Gasteiger partial charge on any atom is 0.233 e. The van der Waals surface area contributed by atoms with E-state index in [0.717, 1.165) is 11.4 Å². The number of hydrogen-bond donors (Lipinski definition) is 2. The summed E-state index contributed by atoms with van der Waals surface area (Å²) in [5, 5.41) is 1.71. The molecule has 0 bridgehead atoms. The van der Waals surface area contributed by atoms with Gasteiger partial charge in [-0.05, 0) is 18.6 Å². The summed E-state index contributed by atoms with van der Waals surface area (Å²) >= 11 is 7.53. The van der Waals surface area contributed by atoms with E-state index >= 15 is 0 Å². The zero-order valence-corrected chi connectivity index (χ0v) is 10.5. The van der Waals surface area contributed by atoms with E-state index in [9.17, 15) is 4.79 Å². The number of rotatable bonds is 5. The smallest absolute Gasteiger partial charge is 0.233 e. The largest absolute Gasteiger partial charge is 0.294 e. The maximum atomic E-state index is 10.9. The summed E-state index contributed by atoms with van der Waals surface area (Å²) in [6.45, 7) is 2.03. The lowest BCUT2D eigenvalue weighted by Crippen LogP contribution is -2.30. The van der Waals surface area contributed by atoms with Crippen molar-refractivity contribution >= 4 is 29.3 Å². The lowest BCUT2D eigenvalue weighted by atomic mass is 10.2. The van der Waals surface area contributed by atoms with E-state index in [1.54, 1.807) is 30.1 Å². The third-order valence-electron chi connectivity index (χ3n) is 1.98. The Bertz CT molecular complexity index is 362. The number of thioether (sulfide) groups is 1. The normalized spacial score (nSPS) is 12.2. The first kappa shape index (κ1) is 13.3. The van der Waals surface area contributed by atoms with E-state index in [-0.39, 0.29) is 11.2 Å². The molecule has 4 nitrogen and oxygen atoms in total. The second kappa shape index (κ2) is 6.73. The predicted octanol–water partition coefficient (Wildman–Crippen LogP) is 1.99. The molecule has 0 aliphatic carbocycles. The van der Waals surface area contributed by atoms with Crippen molar-refractivity contribution in [2.24, 2.45) is 5.84 Å². The number of carbonyl (C=O) groups excluding carboxylic acids is 1. The van der Waals surface area contributed by atoms with E-state index in [2.05, 4.69) is 10.4 Å². The third kappa shape index (κ3) is 4.38. The molecule has 16 heavy (non-hydrogen) atoms. The molecule has 6 heteroatoms. The Balaban J connectivity index is 2.43. The van der Waals surface area contributed by atoms with Crippen molar-refractivity contribution < 1.29 is 4.79 Å². The van der Waals surface area contributed by atoms with Crippen molar-refractivity contribution in [3.63, 3.8) is 0 Å². The molecule has 0 radical (unpaired) electrons. The third-order valence-corrected chi connectivity index (χ3v) is 3.58. The fourth-order valence-electron chi connectivity index (χ4n) is 1.11. The molecule has 0 saturated carbocycles. The number of carbonyl (C=O) groups is 1. The molecule has 1 atom stereocenters. The topological polar surface area (TPSA) is 68.0 Å². The first-order valence-electron chi connectivity index (χ1n) is 4.90. The first-order chi connectivity index (χ1) is 7.63. The first-order valence-corrected chi connectivity index (χ1v) is 6.16. The molecular formula is C10H14ClN3OS. The summed E-state index contributed by atoms with van der Waals surface area (Å²) in [5.41, 5.74) is 2.11. The fraction of sp³-hybridized carbons (Fsp3) is 0.400. The number of pyridine rings is 1. The van der Waals surface area contributed by atoms with Gasteiger partial charge in [0.15, 0.2) is 0 Å². The van der Waals surface area contributed by atoms with Gasteiger partial charge in [0.25, 0.3) is 0 Å². The Labute approximate surface area is 104 Å². The minimum atomic E-state index is -0.153. The lowest BCUT2D eigenvalue weighted by molar-refractivity contribution is -0.121. The number of halogens is 1. The Hall–Kier alpha value is -0.780. The van der Waals surface area contributed by atoms with Gasteiger partial charge in [-0.25, -0.2) is 10.8 Å². The highest BCUT2D eigenvalue weighted by molar-refractivity contribution is 7.99. The summed E-state index contributed by atoms with van der Waals surface area (Å²) < 4.78 is 0. The lowest BCUT2D eigenvalue weighted by Gasteiger charge is -2.10. The maximum absolute atomic E-state index is 10.9. The quantitative estimate of drug-likeness (QED) is 0.367. The van der Waals surface area contributed by atoms with E-state index < -0.39 is 0 Å². The minimum absolute atomic E-state index is 0.153. The van der Waals surface area contributed by atoms with Crippen LogP contribution in [0.5, 0.6) is 0 Å². The molecule has 1 unspecified atom stereocenters. The van der Waals surface area contributed by atoms with Crippen LogP contribution >= 0.6 is 23.4 Å². The molecule has 1 amide bonds. The molecule has 0 saturated heterocycles. The molecule has 1 heterocycles. The Morgan fingerprint density at radius 1 is 1.75 bits per heavy atom. The van der Waals surface area contributed by atoms with Crippen molar-refractivity contribution in [2.45, 2.75) is 30.0 Å². The summed E-state index contributed by atoms with van der Waals surface area (Å²) in [6.07, 6.45) is 2.85. The second-order valence-corrected chi connectivity index (χ2v) is 5.16. The number of nitrogens with one attached hydrogen (secondary N) is 1. The molecule has 0 aromatic carbocycles. The van der Waals surface area contributed by atoms with E-state index in [0.29, 0.717) is 11.4 Å². The van der Waals surface area contributed by atoms with Gasteiger partial charge < -0.3 is 0 Å². The molecule has 1 aromatic heterocycles. The van der Waals surface area contributed by atoms with Gasteiger partial charge in [0, 0.05) is 17.9 Å². The van der Waals surface area contributed by atoms with Crippen LogP contribution < -0.4 is 11.3 Å². The molecule has 0 aliphatic rings. The fourth-order valence-corrected chi connectivity index (χ4v) is 2.29. The van der Waals surface area contributed by atoms with Crippen LogP contribution in [0.4, 0.5) is 0 Å². The van der Waals surface area contributed by atoms with E-state index in [1.807, 2.05) is 6.92 Å². The number of hydrogen-bond acceptors (Lipinski definition) is 4. The van der Waals surface area contributed by atoms with Gasteiger partial charge in [-0.15, -0.1) is 11.8 Å². The van der Waals surface area contributed by atoms with Crippen LogP contribution in [-0.2, 0) is 4.79 Å². The Morgan fingerprint density at radius 3 is 3.12 bits per heavy atom. The number of nitrogens with zero attached hydrogens (tertiary/aromatic N) is 1. The molecule has 0 aliphatic heterocycles. The minimum Gasteiger partial charge on any atom is -0.294 e. The summed E-state index contributed by atoms with van der Waals surface area (Å²) in [4.78, 5) is 15.1. The van der Waals surface area contributed by atoms with Gasteiger partial charge in [-0.3, -0.25) is 10.2 Å². The van der Waals surface area contributed by atoms with Crippen LogP contribution in [0.2, 0.25) is 5.02 Å². The van der Waals surface area contributed by atoms with Crippen LogP contribution in [0.15, 0.2) is 23.4 Å². The molecular weight excluding hydrogens is 246 g/mol. The standard InChI is InChI=1S/C10H14ClN3OS/c1-7(4-5-9(15)14-12)16-10-8(11)3-2-6-13-10/h2-3,6-7H,4-5,12H2,1H3,(H,14,15). The average molecular weight is 260 g/mol. The SMILES string of the molecule is CC(CCC(=O)NN)Sc1ncccc1Cl. The van der Waals surface area contributed by atoms with Gasteiger partial charge in [0.05, 0.1) is 5.02 Å². The van der Waals surface area contributed by atoms with Crippen LogP contribution in [-0.4, -0.2) is 16.1 Å². The predicted molar refractivity (Wildman–Crippen MR) is 66.1 cm³/mol.